The van der Waals surface area contributed by atoms with E-state index in [0.29, 0.717) is 18.4 Å². The molecule has 3 heteroatoms. The molecule has 0 atom stereocenters. The Hall–Kier alpha value is -1.61. The predicted octanol–water partition coefficient (Wildman–Crippen LogP) is 3.33. The number of hydrogen-bond acceptors (Lipinski definition) is 2. The summed E-state index contributed by atoms with van der Waals surface area (Å²) in [6.07, 6.45) is 2.55. The Bertz CT molecular complexity index is 579. The molecule has 1 fully saturated rings. The van der Waals surface area contributed by atoms with Crippen LogP contribution in [0.3, 0.4) is 0 Å². The van der Waals surface area contributed by atoms with Crippen molar-refractivity contribution in [3.8, 4) is 5.69 Å². The maximum atomic E-state index is 5.75. The second-order valence-electron chi connectivity index (χ2n) is 5.66. The van der Waals surface area contributed by atoms with Crippen molar-refractivity contribution in [2.45, 2.75) is 45.1 Å². The Balaban J connectivity index is 2.13. The first-order chi connectivity index (χ1) is 9.20. The molecule has 1 aromatic carbocycles. The zero-order valence-corrected chi connectivity index (χ0v) is 11.6. The molecule has 0 saturated heterocycles. The van der Waals surface area contributed by atoms with Gasteiger partial charge in [-0.3, -0.25) is 0 Å². The predicted molar refractivity (Wildman–Crippen MR) is 77.5 cm³/mol. The van der Waals surface area contributed by atoms with E-state index in [9.17, 15) is 0 Å². The molecule has 1 saturated carbocycles. The van der Waals surface area contributed by atoms with Crippen LogP contribution in [0.4, 0.5) is 0 Å². The van der Waals surface area contributed by atoms with Crippen LogP contribution in [-0.4, -0.2) is 9.78 Å². The number of benzene rings is 1. The maximum absolute atomic E-state index is 5.75. The van der Waals surface area contributed by atoms with E-state index in [1.54, 1.807) is 0 Å². The molecule has 0 radical (unpaired) electrons. The molecule has 0 bridgehead atoms. The van der Waals surface area contributed by atoms with Gasteiger partial charge in [-0.25, -0.2) is 4.68 Å². The van der Waals surface area contributed by atoms with Crippen molar-refractivity contribution >= 4 is 0 Å². The van der Waals surface area contributed by atoms with Crippen LogP contribution in [0.5, 0.6) is 0 Å². The summed E-state index contributed by atoms with van der Waals surface area (Å²) in [7, 11) is 0. The van der Waals surface area contributed by atoms with Gasteiger partial charge in [-0.1, -0.05) is 32.0 Å². The largest absolute Gasteiger partial charge is 0.325 e. The van der Waals surface area contributed by atoms with Crippen molar-refractivity contribution in [1.82, 2.24) is 9.78 Å². The zero-order valence-electron chi connectivity index (χ0n) is 11.6. The summed E-state index contributed by atoms with van der Waals surface area (Å²) < 4.78 is 2.12. The smallest absolute Gasteiger partial charge is 0.0767 e. The third kappa shape index (κ3) is 2.30. The first-order valence-electron chi connectivity index (χ1n) is 7.09. The third-order valence-corrected chi connectivity index (χ3v) is 3.78. The Kier molecular flexibility index (Phi) is 3.15. The number of nitrogens with two attached hydrogens (primary N) is 1. The minimum absolute atomic E-state index is 0.494. The molecule has 0 unspecified atom stereocenters. The van der Waals surface area contributed by atoms with Gasteiger partial charge in [0.2, 0.25) is 0 Å². The summed E-state index contributed by atoms with van der Waals surface area (Å²) in [6.45, 7) is 4.96. The molecule has 0 aliphatic heterocycles. The third-order valence-electron chi connectivity index (χ3n) is 3.78. The van der Waals surface area contributed by atoms with Gasteiger partial charge >= 0.3 is 0 Å². The monoisotopic (exact) mass is 255 g/mol. The van der Waals surface area contributed by atoms with Crippen molar-refractivity contribution < 1.29 is 0 Å². The Morgan fingerprint density at radius 2 is 2.05 bits per heavy atom. The normalized spacial score (nSPS) is 15.2. The highest BCUT2D eigenvalue weighted by Gasteiger charge is 2.29. The maximum Gasteiger partial charge on any atom is 0.0767 e. The van der Waals surface area contributed by atoms with E-state index >= 15 is 0 Å². The molecule has 1 aliphatic carbocycles. The fraction of sp³-hybridized carbons (Fsp3) is 0.438. The van der Waals surface area contributed by atoms with Gasteiger partial charge in [-0.2, -0.15) is 5.10 Å². The van der Waals surface area contributed by atoms with Gasteiger partial charge in [-0.15, -0.1) is 0 Å². The average Bonchev–Trinajstić information content (AvgIpc) is 3.18. The highest BCUT2D eigenvalue weighted by Crippen LogP contribution is 2.41. The number of hydrogen-bond donors (Lipinski definition) is 1. The molecule has 2 N–H and O–H groups in total. The van der Waals surface area contributed by atoms with Crippen molar-refractivity contribution in [2.75, 3.05) is 0 Å². The van der Waals surface area contributed by atoms with Crippen LogP contribution in [0, 0.1) is 0 Å². The summed E-state index contributed by atoms with van der Waals surface area (Å²) in [5.74, 6) is 1.17. The van der Waals surface area contributed by atoms with E-state index < -0.39 is 0 Å². The van der Waals surface area contributed by atoms with E-state index in [2.05, 4.69) is 48.9 Å². The van der Waals surface area contributed by atoms with Crippen LogP contribution < -0.4 is 5.73 Å². The molecule has 1 heterocycles. The van der Waals surface area contributed by atoms with Gasteiger partial charge in [0.05, 0.1) is 11.4 Å². The molecule has 0 amide bonds. The molecular weight excluding hydrogens is 234 g/mol. The van der Waals surface area contributed by atoms with Gasteiger partial charge in [0.25, 0.3) is 0 Å². The van der Waals surface area contributed by atoms with Gasteiger partial charge in [0.1, 0.15) is 0 Å². The number of rotatable bonds is 4. The van der Waals surface area contributed by atoms with Crippen LogP contribution in [0.25, 0.3) is 5.69 Å². The van der Waals surface area contributed by atoms with Gasteiger partial charge in [0, 0.05) is 18.2 Å². The molecule has 2 aromatic rings. The highest BCUT2D eigenvalue weighted by atomic mass is 15.3. The number of aromatic nitrogens is 2. The lowest BCUT2D eigenvalue weighted by Gasteiger charge is -2.14. The lowest BCUT2D eigenvalue weighted by molar-refractivity contribution is 0.758. The van der Waals surface area contributed by atoms with Crippen molar-refractivity contribution in [3.05, 3.63) is 47.3 Å². The topological polar surface area (TPSA) is 43.8 Å². The van der Waals surface area contributed by atoms with Gasteiger partial charge in [-0.05, 0) is 36.5 Å². The first-order valence-corrected chi connectivity index (χ1v) is 7.09. The van der Waals surface area contributed by atoms with E-state index in [1.807, 2.05) is 0 Å². The fourth-order valence-corrected chi connectivity index (χ4v) is 2.58. The second kappa shape index (κ2) is 4.82. The summed E-state index contributed by atoms with van der Waals surface area (Å²) in [5, 5.41) is 4.69. The summed E-state index contributed by atoms with van der Waals surface area (Å²) >= 11 is 0. The average molecular weight is 255 g/mol. The van der Waals surface area contributed by atoms with Crippen molar-refractivity contribution in [1.29, 1.82) is 0 Å². The zero-order chi connectivity index (χ0) is 13.4. The van der Waals surface area contributed by atoms with Crippen LogP contribution in [0.15, 0.2) is 30.3 Å². The minimum atomic E-state index is 0.494. The van der Waals surface area contributed by atoms with Crippen LogP contribution >= 0.6 is 0 Å². The molecule has 100 valence electrons. The summed E-state index contributed by atoms with van der Waals surface area (Å²) in [6, 6.07) is 10.7. The van der Waals surface area contributed by atoms with Gasteiger partial charge < -0.3 is 5.73 Å². The standard InChI is InChI=1S/C16H21N3/c1-11(2)14-5-3-4-6-15(14)19-16(12-7-8-12)9-13(10-17)18-19/h3-6,9,11-12H,7-8,10,17H2,1-2H3. The fourth-order valence-electron chi connectivity index (χ4n) is 2.58. The second-order valence-corrected chi connectivity index (χ2v) is 5.66. The van der Waals surface area contributed by atoms with E-state index in [-0.39, 0.29) is 0 Å². The molecule has 3 nitrogen and oxygen atoms in total. The van der Waals surface area contributed by atoms with E-state index in [4.69, 9.17) is 10.8 Å². The summed E-state index contributed by atoms with van der Waals surface area (Å²) in [5.41, 5.74) is 10.6. The molecule has 3 rings (SSSR count). The van der Waals surface area contributed by atoms with Crippen molar-refractivity contribution in [2.24, 2.45) is 5.73 Å². The molecule has 19 heavy (non-hydrogen) atoms. The summed E-state index contributed by atoms with van der Waals surface area (Å²) in [4.78, 5) is 0. The van der Waals surface area contributed by atoms with Crippen molar-refractivity contribution in [3.63, 3.8) is 0 Å². The Morgan fingerprint density at radius 3 is 2.68 bits per heavy atom. The van der Waals surface area contributed by atoms with Gasteiger partial charge in [0.15, 0.2) is 0 Å². The molecule has 1 aliphatic rings. The highest BCUT2D eigenvalue weighted by molar-refractivity contribution is 5.44. The Labute approximate surface area is 114 Å². The quantitative estimate of drug-likeness (QED) is 0.910. The number of nitrogens with zero attached hydrogens (tertiary/aromatic N) is 2. The first kappa shape index (κ1) is 12.4. The van der Waals surface area contributed by atoms with E-state index in [0.717, 1.165) is 5.69 Å². The lowest BCUT2D eigenvalue weighted by atomic mass is 10.0. The van der Waals surface area contributed by atoms with E-state index in [1.165, 1.54) is 29.8 Å². The SMILES string of the molecule is CC(C)c1ccccc1-n1nc(CN)cc1C1CC1. The molecular formula is C16H21N3. The van der Waals surface area contributed by atoms with Crippen LogP contribution in [0.2, 0.25) is 0 Å². The number of para-hydroxylation sites is 1. The Morgan fingerprint density at radius 1 is 1.32 bits per heavy atom. The lowest BCUT2D eigenvalue weighted by Crippen LogP contribution is -2.06. The van der Waals surface area contributed by atoms with Crippen LogP contribution in [-0.2, 0) is 6.54 Å². The molecule has 1 aromatic heterocycles. The minimum Gasteiger partial charge on any atom is -0.325 e. The molecule has 0 spiro atoms. The van der Waals surface area contributed by atoms with Crippen LogP contribution in [0.1, 0.15) is 55.5 Å².